The van der Waals surface area contributed by atoms with E-state index in [1.165, 1.54) is 6.07 Å². The first-order chi connectivity index (χ1) is 14.0. The summed E-state index contributed by atoms with van der Waals surface area (Å²) in [5.41, 5.74) is 2.47. The highest BCUT2D eigenvalue weighted by Crippen LogP contribution is 2.31. The minimum atomic E-state index is -0.546. The van der Waals surface area contributed by atoms with Crippen molar-refractivity contribution in [1.29, 1.82) is 0 Å². The Balaban J connectivity index is 1.62. The highest BCUT2D eigenvalue weighted by atomic mass is 16.5. The smallest absolute Gasteiger partial charge is 0.355 e. The third kappa shape index (κ3) is 3.54. The van der Waals surface area contributed by atoms with E-state index >= 15 is 0 Å². The van der Waals surface area contributed by atoms with Crippen molar-refractivity contribution < 1.29 is 23.4 Å². The van der Waals surface area contributed by atoms with Crippen LogP contribution in [0.2, 0.25) is 0 Å². The summed E-state index contributed by atoms with van der Waals surface area (Å²) >= 11 is 0. The second kappa shape index (κ2) is 7.35. The second-order valence-corrected chi connectivity index (χ2v) is 6.64. The molecule has 0 bridgehead atoms. The van der Waals surface area contributed by atoms with E-state index in [-0.39, 0.29) is 12.3 Å². The highest BCUT2D eigenvalue weighted by molar-refractivity contribution is 5.97. The van der Waals surface area contributed by atoms with Crippen LogP contribution < -0.4 is 15.1 Å². The number of benzene rings is 2. The molecule has 0 saturated carbocycles. The van der Waals surface area contributed by atoms with E-state index in [0.717, 1.165) is 16.3 Å². The van der Waals surface area contributed by atoms with Crippen molar-refractivity contribution in [2.45, 2.75) is 13.5 Å². The predicted molar refractivity (Wildman–Crippen MR) is 108 cm³/mol. The van der Waals surface area contributed by atoms with Gasteiger partial charge in [0.2, 0.25) is 0 Å². The van der Waals surface area contributed by atoms with Crippen molar-refractivity contribution in [1.82, 2.24) is 4.98 Å². The van der Waals surface area contributed by atoms with Gasteiger partial charge in [0.05, 0.1) is 19.7 Å². The monoisotopic (exact) mass is 393 g/mol. The van der Waals surface area contributed by atoms with Gasteiger partial charge in [-0.05, 0) is 30.7 Å². The Morgan fingerprint density at radius 1 is 1.07 bits per heavy atom. The van der Waals surface area contributed by atoms with E-state index in [0.29, 0.717) is 28.2 Å². The fourth-order valence-electron chi connectivity index (χ4n) is 3.25. The zero-order chi connectivity index (χ0) is 20.5. The van der Waals surface area contributed by atoms with E-state index < -0.39 is 11.6 Å². The first kappa shape index (κ1) is 18.6. The third-order valence-corrected chi connectivity index (χ3v) is 4.69. The number of aromatic nitrogens is 1. The van der Waals surface area contributed by atoms with Crippen LogP contribution >= 0.6 is 0 Å². The summed E-state index contributed by atoms with van der Waals surface area (Å²) in [5.74, 6) is 0.627. The predicted octanol–water partition coefficient (Wildman–Crippen LogP) is 3.96. The molecule has 1 N–H and O–H groups in total. The average Bonchev–Trinajstić information content (AvgIpc) is 3.14. The van der Waals surface area contributed by atoms with Gasteiger partial charge in [-0.25, -0.2) is 9.59 Å². The van der Waals surface area contributed by atoms with Crippen LogP contribution in [0.3, 0.4) is 0 Å². The van der Waals surface area contributed by atoms with Crippen molar-refractivity contribution in [2.75, 3.05) is 14.2 Å². The minimum Gasteiger partial charge on any atom is -0.497 e. The van der Waals surface area contributed by atoms with Gasteiger partial charge >= 0.3 is 11.6 Å². The first-order valence-corrected chi connectivity index (χ1v) is 8.94. The molecule has 0 spiro atoms. The summed E-state index contributed by atoms with van der Waals surface area (Å²) in [7, 11) is 3.10. The molecule has 0 unspecified atom stereocenters. The quantitative estimate of drug-likeness (QED) is 0.408. The molecule has 0 aliphatic carbocycles. The van der Waals surface area contributed by atoms with Gasteiger partial charge in [0.1, 0.15) is 29.4 Å². The van der Waals surface area contributed by atoms with Crippen LogP contribution in [0.1, 0.15) is 21.6 Å². The van der Waals surface area contributed by atoms with Gasteiger partial charge in [-0.3, -0.25) is 0 Å². The van der Waals surface area contributed by atoms with Crippen molar-refractivity contribution in [3.8, 4) is 11.5 Å². The summed E-state index contributed by atoms with van der Waals surface area (Å²) in [6, 6.07) is 12.1. The molecule has 0 amide bonds. The number of aryl methyl sites for hydroxylation is 1. The number of esters is 1. The summed E-state index contributed by atoms with van der Waals surface area (Å²) in [6.45, 7) is 1.85. The minimum absolute atomic E-state index is 0.0557. The summed E-state index contributed by atoms with van der Waals surface area (Å²) < 4.78 is 21.3. The van der Waals surface area contributed by atoms with Crippen LogP contribution in [0.25, 0.3) is 21.9 Å². The van der Waals surface area contributed by atoms with Crippen molar-refractivity contribution in [2.24, 2.45) is 0 Å². The molecule has 0 atom stereocenters. The number of hydrogen-bond acceptors (Lipinski definition) is 6. The molecule has 4 aromatic rings. The topological polar surface area (TPSA) is 90.8 Å². The SMILES string of the molecule is COc1cc(OC)c2[nH]c(C(=O)OCc3cc(=O)oc4cc(C)ccc34)cc2c1. The van der Waals surface area contributed by atoms with E-state index in [1.54, 1.807) is 38.5 Å². The number of fused-ring (bicyclic) bond motifs is 2. The van der Waals surface area contributed by atoms with Crippen LogP contribution in [-0.4, -0.2) is 25.2 Å². The van der Waals surface area contributed by atoms with Crippen LogP contribution in [0.4, 0.5) is 0 Å². The number of nitrogens with one attached hydrogen (secondary N) is 1. The lowest BCUT2D eigenvalue weighted by atomic mass is 10.1. The van der Waals surface area contributed by atoms with Gasteiger partial charge in [-0.15, -0.1) is 0 Å². The molecule has 2 aromatic carbocycles. The average molecular weight is 393 g/mol. The summed E-state index contributed by atoms with van der Waals surface area (Å²) in [5, 5.41) is 1.49. The van der Waals surface area contributed by atoms with Crippen LogP contribution in [0.5, 0.6) is 11.5 Å². The Morgan fingerprint density at radius 3 is 2.66 bits per heavy atom. The zero-order valence-electron chi connectivity index (χ0n) is 16.2. The summed E-state index contributed by atoms with van der Waals surface area (Å²) in [4.78, 5) is 27.5. The van der Waals surface area contributed by atoms with Gasteiger partial charge in [-0.1, -0.05) is 12.1 Å². The highest BCUT2D eigenvalue weighted by Gasteiger charge is 2.16. The van der Waals surface area contributed by atoms with E-state index in [9.17, 15) is 9.59 Å². The van der Waals surface area contributed by atoms with Crippen LogP contribution in [0, 0.1) is 6.92 Å². The number of H-pyrrole nitrogens is 1. The number of rotatable bonds is 5. The lowest BCUT2D eigenvalue weighted by molar-refractivity contribution is 0.0468. The number of carbonyl (C=O) groups is 1. The van der Waals surface area contributed by atoms with Gasteiger partial charge in [-0.2, -0.15) is 0 Å². The molecule has 0 aliphatic heterocycles. The third-order valence-electron chi connectivity index (χ3n) is 4.69. The molecule has 0 fully saturated rings. The Bertz CT molecular complexity index is 1280. The molecular formula is C22H19NO6. The number of hydrogen-bond donors (Lipinski definition) is 1. The Kier molecular flexibility index (Phi) is 4.72. The second-order valence-electron chi connectivity index (χ2n) is 6.64. The fourth-order valence-corrected chi connectivity index (χ4v) is 3.25. The molecular weight excluding hydrogens is 374 g/mol. The maximum absolute atomic E-state index is 12.6. The number of ether oxygens (including phenoxy) is 3. The molecule has 7 heteroatoms. The number of aromatic amines is 1. The molecule has 4 rings (SSSR count). The molecule has 148 valence electrons. The van der Waals surface area contributed by atoms with Gasteiger partial charge < -0.3 is 23.6 Å². The Hall–Kier alpha value is -3.74. The van der Waals surface area contributed by atoms with E-state index in [2.05, 4.69) is 4.98 Å². The van der Waals surface area contributed by atoms with Crippen molar-refractivity contribution >= 4 is 27.8 Å². The number of methoxy groups -OCH3 is 2. The fraction of sp³-hybridized carbons (Fsp3) is 0.182. The standard InChI is InChI=1S/C22H19NO6/c1-12-4-5-16-14(9-20(24)29-18(16)6-12)11-28-22(25)17-8-13-7-15(26-2)10-19(27-3)21(13)23-17/h4-10,23H,11H2,1-3H3. The molecule has 29 heavy (non-hydrogen) atoms. The Labute approximate surface area is 165 Å². The molecule has 0 radical (unpaired) electrons. The van der Waals surface area contributed by atoms with Gasteiger partial charge in [0, 0.05) is 28.5 Å². The lowest BCUT2D eigenvalue weighted by Gasteiger charge is -2.07. The van der Waals surface area contributed by atoms with Gasteiger partial charge in [0.25, 0.3) is 0 Å². The normalized spacial score (nSPS) is 11.0. The molecule has 0 aliphatic rings. The van der Waals surface area contributed by atoms with Crippen LogP contribution in [0.15, 0.2) is 51.7 Å². The maximum Gasteiger partial charge on any atom is 0.355 e. The Morgan fingerprint density at radius 2 is 1.90 bits per heavy atom. The largest absolute Gasteiger partial charge is 0.497 e. The first-order valence-electron chi connectivity index (χ1n) is 8.94. The maximum atomic E-state index is 12.6. The molecule has 2 aromatic heterocycles. The van der Waals surface area contributed by atoms with Crippen LogP contribution in [-0.2, 0) is 11.3 Å². The lowest BCUT2D eigenvalue weighted by Crippen LogP contribution is -2.08. The molecule has 0 saturated heterocycles. The summed E-state index contributed by atoms with van der Waals surface area (Å²) in [6.07, 6.45) is 0. The van der Waals surface area contributed by atoms with Crippen molar-refractivity contribution in [3.05, 3.63) is 69.7 Å². The van der Waals surface area contributed by atoms with Gasteiger partial charge in [0.15, 0.2) is 0 Å². The van der Waals surface area contributed by atoms with Crippen molar-refractivity contribution in [3.63, 3.8) is 0 Å². The van der Waals surface area contributed by atoms with E-state index in [1.807, 2.05) is 19.1 Å². The van der Waals surface area contributed by atoms with E-state index in [4.69, 9.17) is 18.6 Å². The molecule has 7 nitrogen and oxygen atoms in total. The zero-order valence-corrected chi connectivity index (χ0v) is 16.2. The number of carbonyl (C=O) groups excluding carboxylic acids is 1. The molecule has 2 heterocycles.